The molecule has 0 aromatic rings. The lowest BCUT2D eigenvalue weighted by Crippen LogP contribution is -2.34. The lowest BCUT2D eigenvalue weighted by molar-refractivity contribution is -0.133. The smallest absolute Gasteiger partial charge is 0.162 e. The SMILES string of the molecule is CC(C)CC(=O)[C@@H](O)C(C)(C)C. The van der Waals surface area contributed by atoms with E-state index in [1.165, 1.54) is 0 Å². The molecule has 12 heavy (non-hydrogen) atoms. The van der Waals surface area contributed by atoms with Gasteiger partial charge in [-0.15, -0.1) is 0 Å². The fourth-order valence-corrected chi connectivity index (χ4v) is 0.997. The summed E-state index contributed by atoms with van der Waals surface area (Å²) in [6.45, 7) is 9.57. The topological polar surface area (TPSA) is 37.3 Å². The minimum absolute atomic E-state index is 0.0440. The molecule has 0 saturated heterocycles. The van der Waals surface area contributed by atoms with E-state index in [0.29, 0.717) is 12.3 Å². The van der Waals surface area contributed by atoms with Crippen molar-refractivity contribution in [3.63, 3.8) is 0 Å². The van der Waals surface area contributed by atoms with Gasteiger partial charge in [0.05, 0.1) is 0 Å². The Morgan fingerprint density at radius 1 is 1.33 bits per heavy atom. The molecule has 0 radical (unpaired) electrons. The summed E-state index contributed by atoms with van der Waals surface area (Å²) in [6, 6.07) is 0. The highest BCUT2D eigenvalue weighted by molar-refractivity contribution is 5.83. The van der Waals surface area contributed by atoms with Crippen LogP contribution in [0.4, 0.5) is 0 Å². The summed E-state index contributed by atoms with van der Waals surface area (Å²) >= 11 is 0. The van der Waals surface area contributed by atoms with E-state index in [1.54, 1.807) is 0 Å². The van der Waals surface area contributed by atoms with Gasteiger partial charge in [0.15, 0.2) is 5.78 Å². The molecule has 0 heterocycles. The summed E-state index contributed by atoms with van der Waals surface area (Å²) < 4.78 is 0. The predicted octanol–water partition coefficient (Wildman–Crippen LogP) is 2.01. The Labute approximate surface area is 75.0 Å². The summed E-state index contributed by atoms with van der Waals surface area (Å²) in [5, 5.41) is 9.55. The maximum Gasteiger partial charge on any atom is 0.162 e. The molecule has 2 heteroatoms. The van der Waals surface area contributed by atoms with Crippen molar-refractivity contribution >= 4 is 5.78 Å². The maximum absolute atomic E-state index is 11.4. The standard InChI is InChI=1S/C10H20O2/c1-7(2)6-8(11)9(12)10(3,4)5/h7,9,12H,6H2,1-5H3/t9-/m1/s1. The lowest BCUT2D eigenvalue weighted by atomic mass is 9.84. The average Bonchev–Trinajstić information content (AvgIpc) is 1.82. The van der Waals surface area contributed by atoms with Crippen molar-refractivity contribution < 1.29 is 9.90 Å². The first-order valence-corrected chi connectivity index (χ1v) is 4.46. The zero-order valence-corrected chi connectivity index (χ0v) is 8.72. The van der Waals surface area contributed by atoms with Gasteiger partial charge >= 0.3 is 0 Å². The highest BCUT2D eigenvalue weighted by Crippen LogP contribution is 2.21. The van der Waals surface area contributed by atoms with Gasteiger partial charge in [0.2, 0.25) is 0 Å². The van der Waals surface area contributed by atoms with Crippen LogP contribution in [0.3, 0.4) is 0 Å². The number of carbonyl (C=O) groups is 1. The Morgan fingerprint density at radius 3 is 2.00 bits per heavy atom. The van der Waals surface area contributed by atoms with Gasteiger partial charge in [-0.2, -0.15) is 0 Å². The van der Waals surface area contributed by atoms with Gasteiger partial charge in [-0.05, 0) is 11.3 Å². The number of hydrogen-bond donors (Lipinski definition) is 1. The van der Waals surface area contributed by atoms with Crippen molar-refractivity contribution in [1.82, 2.24) is 0 Å². The molecule has 0 aromatic heterocycles. The Morgan fingerprint density at radius 2 is 1.75 bits per heavy atom. The van der Waals surface area contributed by atoms with E-state index in [0.717, 1.165) is 0 Å². The number of hydrogen-bond acceptors (Lipinski definition) is 2. The first-order chi connectivity index (χ1) is 5.25. The van der Waals surface area contributed by atoms with E-state index < -0.39 is 6.10 Å². The molecule has 72 valence electrons. The van der Waals surface area contributed by atoms with Crippen LogP contribution in [-0.4, -0.2) is 17.0 Å². The highest BCUT2D eigenvalue weighted by Gasteiger charge is 2.28. The number of ketones is 1. The van der Waals surface area contributed by atoms with Gasteiger partial charge in [-0.25, -0.2) is 0 Å². The third-order valence-corrected chi connectivity index (χ3v) is 1.73. The fourth-order valence-electron chi connectivity index (χ4n) is 0.997. The van der Waals surface area contributed by atoms with Crippen LogP contribution in [0.1, 0.15) is 41.0 Å². The van der Waals surface area contributed by atoms with Gasteiger partial charge in [0.1, 0.15) is 6.10 Å². The van der Waals surface area contributed by atoms with Crippen molar-refractivity contribution in [2.24, 2.45) is 11.3 Å². The molecule has 0 aromatic carbocycles. The first kappa shape index (κ1) is 11.6. The minimum Gasteiger partial charge on any atom is -0.385 e. The van der Waals surface area contributed by atoms with E-state index in [2.05, 4.69) is 0 Å². The molecular formula is C10H20O2. The second kappa shape index (κ2) is 4.04. The number of rotatable bonds is 3. The average molecular weight is 172 g/mol. The van der Waals surface area contributed by atoms with Crippen molar-refractivity contribution in [1.29, 1.82) is 0 Å². The molecule has 0 rings (SSSR count). The largest absolute Gasteiger partial charge is 0.385 e. The molecule has 0 spiro atoms. The van der Waals surface area contributed by atoms with Crippen molar-refractivity contribution in [3.05, 3.63) is 0 Å². The van der Waals surface area contributed by atoms with Gasteiger partial charge in [-0.3, -0.25) is 4.79 Å². The molecular weight excluding hydrogens is 152 g/mol. The maximum atomic E-state index is 11.4. The zero-order valence-electron chi connectivity index (χ0n) is 8.72. The summed E-state index contributed by atoms with van der Waals surface area (Å²) in [4.78, 5) is 11.4. The first-order valence-electron chi connectivity index (χ1n) is 4.46. The van der Waals surface area contributed by atoms with Crippen LogP contribution in [0.2, 0.25) is 0 Å². The number of aliphatic hydroxyl groups is 1. The summed E-state index contributed by atoms with van der Waals surface area (Å²) in [7, 11) is 0. The van der Waals surface area contributed by atoms with Crippen molar-refractivity contribution in [3.8, 4) is 0 Å². The second-order valence-electron chi connectivity index (χ2n) is 4.83. The third kappa shape index (κ3) is 3.86. The Balaban J connectivity index is 4.12. The monoisotopic (exact) mass is 172 g/mol. The van der Waals surface area contributed by atoms with Crippen LogP contribution in [-0.2, 0) is 4.79 Å². The van der Waals surface area contributed by atoms with Gasteiger partial charge in [-0.1, -0.05) is 34.6 Å². The third-order valence-electron chi connectivity index (χ3n) is 1.73. The van der Waals surface area contributed by atoms with E-state index in [9.17, 15) is 9.90 Å². The van der Waals surface area contributed by atoms with Gasteiger partial charge < -0.3 is 5.11 Å². The van der Waals surface area contributed by atoms with E-state index in [4.69, 9.17) is 0 Å². The number of Topliss-reactive ketones (excluding diaryl/α,β-unsaturated/α-hetero) is 1. The molecule has 0 saturated carbocycles. The Bertz CT molecular complexity index is 154. The molecule has 0 aliphatic carbocycles. The minimum atomic E-state index is -0.820. The number of carbonyl (C=O) groups excluding carboxylic acids is 1. The van der Waals surface area contributed by atoms with Crippen molar-refractivity contribution in [2.45, 2.75) is 47.1 Å². The summed E-state index contributed by atoms with van der Waals surface area (Å²) in [5.41, 5.74) is -0.327. The van der Waals surface area contributed by atoms with Crippen LogP contribution < -0.4 is 0 Å². The van der Waals surface area contributed by atoms with Gasteiger partial charge in [0.25, 0.3) is 0 Å². The molecule has 1 atom stereocenters. The quantitative estimate of drug-likeness (QED) is 0.707. The van der Waals surface area contributed by atoms with Crippen LogP contribution in [0.25, 0.3) is 0 Å². The van der Waals surface area contributed by atoms with Crippen LogP contribution in [0, 0.1) is 11.3 Å². The molecule has 0 bridgehead atoms. The second-order valence-corrected chi connectivity index (χ2v) is 4.83. The predicted molar refractivity (Wildman–Crippen MR) is 49.9 cm³/mol. The van der Waals surface area contributed by atoms with E-state index in [1.807, 2.05) is 34.6 Å². The van der Waals surface area contributed by atoms with Crippen LogP contribution in [0.15, 0.2) is 0 Å². The van der Waals surface area contributed by atoms with E-state index in [-0.39, 0.29) is 11.2 Å². The van der Waals surface area contributed by atoms with Crippen LogP contribution in [0.5, 0.6) is 0 Å². The van der Waals surface area contributed by atoms with Crippen molar-refractivity contribution in [2.75, 3.05) is 0 Å². The number of aliphatic hydroxyl groups excluding tert-OH is 1. The summed E-state index contributed by atoms with van der Waals surface area (Å²) in [6.07, 6.45) is -0.349. The zero-order chi connectivity index (χ0) is 9.94. The lowest BCUT2D eigenvalue weighted by Gasteiger charge is -2.24. The molecule has 0 aliphatic heterocycles. The fraction of sp³-hybridized carbons (Fsp3) is 0.900. The summed E-state index contributed by atoms with van der Waals surface area (Å²) in [5.74, 6) is 0.284. The molecule has 0 amide bonds. The van der Waals surface area contributed by atoms with Crippen LogP contribution >= 0.6 is 0 Å². The molecule has 1 N–H and O–H groups in total. The van der Waals surface area contributed by atoms with E-state index >= 15 is 0 Å². The molecule has 2 nitrogen and oxygen atoms in total. The van der Waals surface area contributed by atoms with Gasteiger partial charge in [0, 0.05) is 6.42 Å². The normalized spacial score (nSPS) is 14.9. The molecule has 0 aliphatic rings. The molecule has 0 fully saturated rings. The molecule has 0 unspecified atom stereocenters. The Hall–Kier alpha value is -0.370. The Kier molecular flexibility index (Phi) is 3.91. The highest BCUT2D eigenvalue weighted by atomic mass is 16.3.